The van der Waals surface area contributed by atoms with Gasteiger partial charge in [-0.1, -0.05) is 130 Å². The zero-order chi connectivity index (χ0) is 65.0. The predicted molar refractivity (Wildman–Crippen MR) is 388 cm³/mol. The Morgan fingerprint density at radius 3 is 1.03 bits per heavy atom. The summed E-state index contributed by atoms with van der Waals surface area (Å²) in [5, 5.41) is 0. The number of carbonyl (C=O) groups excluding carboxylic acids is 6. The number of esters is 6. The van der Waals surface area contributed by atoms with E-state index >= 15 is 0 Å². The minimum Gasteiger partial charge on any atom is -0.462 e. The van der Waals surface area contributed by atoms with Crippen molar-refractivity contribution in [2.75, 3.05) is 27.0 Å². The van der Waals surface area contributed by atoms with Gasteiger partial charge in [-0.25, -0.2) is 0 Å². The Morgan fingerprint density at radius 2 is 0.687 bits per heavy atom. The van der Waals surface area contributed by atoms with Crippen LogP contribution in [0.1, 0.15) is 293 Å². The van der Waals surface area contributed by atoms with Crippen LogP contribution in [-0.2, 0) is 71.4 Å². The van der Waals surface area contributed by atoms with Crippen LogP contribution in [0.15, 0.2) is 0 Å². The highest BCUT2D eigenvalue weighted by Crippen LogP contribution is 2.72. The van der Waals surface area contributed by atoms with Crippen molar-refractivity contribution in [3.63, 3.8) is 0 Å². The first-order chi connectivity index (χ1) is 44.8. The molecule has 15 heteroatoms. The summed E-state index contributed by atoms with van der Waals surface area (Å²) >= 11 is 0. The summed E-state index contributed by atoms with van der Waals surface area (Å²) in [7, 11) is 0. The van der Waals surface area contributed by atoms with Crippen molar-refractivity contribution < 1.29 is 71.4 Å². The predicted octanol–water partition coefficient (Wildman–Crippen LogP) is 19.0. The number of fused-ring (bicyclic) bond motifs is 27. The van der Waals surface area contributed by atoms with Crippen LogP contribution < -0.4 is 0 Å². The summed E-state index contributed by atoms with van der Waals surface area (Å²) in [6.07, 6.45) is 34.5. The molecule has 99 heavy (non-hydrogen) atoms. The second-order valence-corrected chi connectivity index (χ2v) is 34.8. The molecule has 0 amide bonds. The normalized spacial score (nSPS) is 39.0. The van der Waals surface area contributed by atoms with Gasteiger partial charge in [0.2, 0.25) is 0 Å². The molecule has 15 saturated carbocycles. The van der Waals surface area contributed by atoms with Gasteiger partial charge in [-0.15, -0.1) is 0 Å². The molecule has 0 radical (unpaired) electrons. The molecule has 0 heterocycles. The highest BCUT2D eigenvalue weighted by Gasteiger charge is 2.70. The van der Waals surface area contributed by atoms with Gasteiger partial charge in [0, 0.05) is 0 Å². The van der Waals surface area contributed by atoms with Crippen molar-refractivity contribution in [2.45, 2.75) is 323 Å². The van der Waals surface area contributed by atoms with E-state index in [-0.39, 0.29) is 155 Å². The molecular formula is C84H144O15. The Balaban J connectivity index is 0.000000203. The van der Waals surface area contributed by atoms with Gasteiger partial charge in [-0.05, 0) is 275 Å². The lowest BCUT2D eigenvalue weighted by Crippen LogP contribution is -2.43. The smallest absolute Gasteiger partial charge is 0.311 e. The molecule has 0 aliphatic heterocycles. The van der Waals surface area contributed by atoms with E-state index < -0.39 is 10.8 Å². The molecule has 0 aromatic rings. The van der Waals surface area contributed by atoms with Crippen LogP contribution in [0.3, 0.4) is 0 Å². The van der Waals surface area contributed by atoms with Gasteiger partial charge >= 0.3 is 35.8 Å². The largest absolute Gasteiger partial charge is 0.462 e. The SMILES string of the molecule is C.C.C.C.C.C.CCC(C)(C)C(=O)OC1CC2CC1C1C3CC(CC3C(=O)OCOC3CCCCC3)C21.CCC(C)(C)C(=O)OC1CC2CC1C1C3CC(CC3C(=O)OCOCC3CCCCC3)C21.CCC(C)C(=O)OC1CC2CC1C1C3CC(CC3C(=O)OCOC3CCCCC3)C21. The highest BCUT2D eigenvalue weighted by atomic mass is 16.7. The summed E-state index contributed by atoms with van der Waals surface area (Å²) in [5.41, 5.74) is -0.833. The Morgan fingerprint density at radius 1 is 0.374 bits per heavy atom. The van der Waals surface area contributed by atoms with Crippen molar-refractivity contribution >= 4 is 35.8 Å². The molecule has 25 unspecified atom stereocenters. The summed E-state index contributed by atoms with van der Waals surface area (Å²) in [6, 6.07) is 0. The molecule has 12 bridgehead atoms. The monoisotopic (exact) mass is 1390 g/mol. The molecule has 0 N–H and O–H groups in total. The van der Waals surface area contributed by atoms with Crippen molar-refractivity contribution in [3.8, 4) is 0 Å². The molecule has 570 valence electrons. The summed E-state index contributed by atoms with van der Waals surface area (Å²) in [4.78, 5) is 76.5. The van der Waals surface area contributed by atoms with Crippen LogP contribution in [-0.4, -0.2) is 93.3 Å². The minimum atomic E-state index is -0.417. The Hall–Kier alpha value is -3.30. The van der Waals surface area contributed by atoms with E-state index in [0.29, 0.717) is 94.7 Å². The van der Waals surface area contributed by atoms with Crippen LogP contribution in [0.4, 0.5) is 0 Å². The summed E-state index contributed by atoms with van der Waals surface area (Å²) < 4.78 is 52.3. The maximum Gasteiger partial charge on any atom is 0.311 e. The lowest BCUT2D eigenvalue weighted by atomic mass is 9.66. The molecule has 15 aliphatic carbocycles. The summed E-state index contributed by atoms with van der Waals surface area (Å²) in [6.45, 7) is 17.0. The molecule has 15 nitrogen and oxygen atoms in total. The fourth-order valence-corrected chi connectivity index (χ4v) is 24.0. The maximum absolute atomic E-state index is 12.9. The van der Waals surface area contributed by atoms with Gasteiger partial charge in [0.05, 0.1) is 53.3 Å². The molecule has 0 saturated heterocycles. The van der Waals surface area contributed by atoms with Gasteiger partial charge in [0.25, 0.3) is 0 Å². The van der Waals surface area contributed by atoms with Crippen molar-refractivity contribution in [2.24, 2.45) is 147 Å². The number of hydrogen-bond donors (Lipinski definition) is 0. The maximum atomic E-state index is 12.9. The molecule has 25 atom stereocenters. The average molecular weight is 1390 g/mol. The molecular weight excluding hydrogens is 1250 g/mol. The van der Waals surface area contributed by atoms with E-state index in [1.165, 1.54) is 89.9 Å². The Labute approximate surface area is 601 Å². The zero-order valence-electron chi connectivity index (χ0n) is 58.3. The minimum absolute atomic E-state index is 0. The van der Waals surface area contributed by atoms with Crippen LogP contribution >= 0.6 is 0 Å². The lowest BCUT2D eigenvalue weighted by molar-refractivity contribution is -0.173. The molecule has 0 spiro atoms. The van der Waals surface area contributed by atoms with Gasteiger partial charge in [0.15, 0.2) is 20.4 Å². The van der Waals surface area contributed by atoms with Gasteiger partial charge in [0.1, 0.15) is 18.3 Å². The lowest BCUT2D eigenvalue weighted by Gasteiger charge is -2.41. The number of ether oxygens (including phenoxy) is 9. The standard InChI is InChI=1S/C27H42O5.C26H40O5.C25H38O5.6CH4/c1-4-27(2,3)26(29)32-22-13-18-12-21(22)24-19-10-17(23(18)24)11-20(19)25(28)31-15-30-14-16-8-6-5-7-9-16;1-4-26(2,3)25(28)31-21-13-16-12-20(21)23-18-10-15(22(16)23)11-19(18)24(27)30-14-29-17-8-6-5-7-9-17;1-3-14(2)24(26)30-21-12-16-11-20(21)23-18-9-15(22(16)23)10-19(18)25(27)29-13-28-17-7-5-4-6-8-17;;;;;;/h16-24H,4-15H2,1-3H3;15-23H,4-14H2,1-3H3;14-23H,3-13H2,1-2H3;6*1H4. The zero-order valence-corrected chi connectivity index (χ0v) is 58.3. The van der Waals surface area contributed by atoms with E-state index in [0.717, 1.165) is 127 Å². The topological polar surface area (TPSA) is 185 Å². The van der Waals surface area contributed by atoms with E-state index in [4.69, 9.17) is 42.6 Å². The molecule has 0 aromatic heterocycles. The van der Waals surface area contributed by atoms with Crippen LogP contribution in [0.25, 0.3) is 0 Å². The Kier molecular flexibility index (Phi) is 29.5. The second-order valence-electron chi connectivity index (χ2n) is 34.8. The first-order valence-electron chi connectivity index (χ1n) is 38.8. The fraction of sp³-hybridized carbons (Fsp3) is 0.929. The highest BCUT2D eigenvalue weighted by molar-refractivity contribution is 5.77. The molecule has 0 aromatic carbocycles. The average Bonchev–Trinajstić information content (AvgIpc) is 1.56. The van der Waals surface area contributed by atoms with Crippen molar-refractivity contribution in [1.82, 2.24) is 0 Å². The molecule has 15 fully saturated rings. The third kappa shape index (κ3) is 16.9. The van der Waals surface area contributed by atoms with Gasteiger partial charge < -0.3 is 42.6 Å². The molecule has 15 rings (SSSR count). The van der Waals surface area contributed by atoms with Crippen LogP contribution in [0, 0.1) is 147 Å². The quantitative estimate of drug-likeness (QED) is 0.0327. The van der Waals surface area contributed by atoms with Gasteiger partial charge in [-0.3, -0.25) is 28.8 Å². The summed E-state index contributed by atoms with van der Waals surface area (Å²) in [5.74, 6) is 10.8. The van der Waals surface area contributed by atoms with Crippen LogP contribution in [0.2, 0.25) is 0 Å². The number of rotatable bonds is 22. The van der Waals surface area contributed by atoms with E-state index in [9.17, 15) is 28.8 Å². The first kappa shape index (κ1) is 83.0. The first-order valence-corrected chi connectivity index (χ1v) is 38.8. The van der Waals surface area contributed by atoms with E-state index in [2.05, 4.69) is 0 Å². The molecule has 15 aliphatic rings. The number of carbonyl (C=O) groups is 6. The third-order valence-corrected chi connectivity index (χ3v) is 29.3. The van der Waals surface area contributed by atoms with E-state index in [1.807, 2.05) is 55.4 Å². The van der Waals surface area contributed by atoms with E-state index in [1.54, 1.807) is 0 Å². The third-order valence-electron chi connectivity index (χ3n) is 29.3. The van der Waals surface area contributed by atoms with Crippen molar-refractivity contribution in [1.29, 1.82) is 0 Å². The van der Waals surface area contributed by atoms with Crippen LogP contribution in [0.5, 0.6) is 0 Å². The van der Waals surface area contributed by atoms with Gasteiger partial charge in [-0.2, -0.15) is 0 Å². The fourth-order valence-electron chi connectivity index (χ4n) is 24.0. The van der Waals surface area contributed by atoms with Crippen molar-refractivity contribution in [3.05, 3.63) is 0 Å². The second kappa shape index (κ2) is 35.2. The number of hydrogen-bond acceptors (Lipinski definition) is 15. The Bertz CT molecular complexity index is 2620.